The number of hydrogen-bond donors (Lipinski definition) is 3. The summed E-state index contributed by atoms with van der Waals surface area (Å²) in [6.45, 7) is 1.49. The molecule has 0 saturated carbocycles. The Hall–Kier alpha value is -3.86. The maximum Gasteiger partial charge on any atom is 0.321 e. The van der Waals surface area contributed by atoms with Crippen molar-refractivity contribution in [3.8, 4) is 23.3 Å². The fraction of sp³-hybridized carbons (Fsp3) is 0.238. The van der Waals surface area contributed by atoms with Crippen molar-refractivity contribution in [2.45, 2.75) is 0 Å². The number of rotatable bonds is 5. The van der Waals surface area contributed by atoms with Gasteiger partial charge in [-0.05, 0) is 36.4 Å². The number of nitrogens with one attached hydrogen (secondary N) is 3. The van der Waals surface area contributed by atoms with E-state index in [4.69, 9.17) is 9.47 Å². The topological polar surface area (TPSA) is 91.9 Å². The second-order valence-electron chi connectivity index (χ2n) is 6.11. The second kappa shape index (κ2) is 9.37. The van der Waals surface area contributed by atoms with Gasteiger partial charge in [0.15, 0.2) is 0 Å². The van der Waals surface area contributed by atoms with Gasteiger partial charge >= 0.3 is 12.1 Å². The molecule has 3 rings (SSSR count). The molecule has 0 radical (unpaired) electrons. The zero-order valence-corrected chi connectivity index (χ0v) is 16.2. The van der Waals surface area contributed by atoms with Crippen LogP contribution in [0, 0.1) is 11.8 Å². The SMILES string of the molecule is COc1ccc(NC(=O)NCC#Cc2ccc(N3CCNC3=O)cc2)c(OC)c1. The van der Waals surface area contributed by atoms with E-state index in [-0.39, 0.29) is 12.6 Å². The van der Waals surface area contributed by atoms with Gasteiger partial charge in [-0.15, -0.1) is 0 Å². The molecular formula is C21H22N4O4. The number of ether oxygens (including phenoxy) is 2. The lowest BCUT2D eigenvalue weighted by atomic mass is 10.2. The number of methoxy groups -OCH3 is 2. The minimum absolute atomic E-state index is 0.0902. The van der Waals surface area contributed by atoms with E-state index in [1.807, 2.05) is 24.3 Å². The number of nitrogens with zero attached hydrogens (tertiary/aromatic N) is 1. The van der Waals surface area contributed by atoms with Gasteiger partial charge in [-0.3, -0.25) is 4.90 Å². The Morgan fingerprint density at radius 3 is 2.62 bits per heavy atom. The van der Waals surface area contributed by atoms with Gasteiger partial charge in [0.2, 0.25) is 0 Å². The van der Waals surface area contributed by atoms with Crippen LogP contribution in [0.3, 0.4) is 0 Å². The highest BCUT2D eigenvalue weighted by Gasteiger charge is 2.20. The number of anilines is 2. The quantitative estimate of drug-likeness (QED) is 0.679. The summed E-state index contributed by atoms with van der Waals surface area (Å²) in [4.78, 5) is 25.4. The molecule has 0 unspecified atom stereocenters. The molecule has 0 aromatic heterocycles. The fourth-order valence-corrected chi connectivity index (χ4v) is 2.78. The van der Waals surface area contributed by atoms with Crippen LogP contribution in [0.5, 0.6) is 11.5 Å². The highest BCUT2D eigenvalue weighted by atomic mass is 16.5. The molecule has 29 heavy (non-hydrogen) atoms. The number of amides is 4. The van der Waals surface area contributed by atoms with Crippen LogP contribution in [0.15, 0.2) is 42.5 Å². The van der Waals surface area contributed by atoms with Crippen LogP contribution in [0.2, 0.25) is 0 Å². The van der Waals surface area contributed by atoms with E-state index in [1.54, 1.807) is 30.2 Å². The van der Waals surface area contributed by atoms with Crippen LogP contribution in [-0.2, 0) is 0 Å². The van der Waals surface area contributed by atoms with E-state index in [2.05, 4.69) is 27.8 Å². The molecule has 0 spiro atoms. The van der Waals surface area contributed by atoms with Crippen LogP contribution in [0.25, 0.3) is 0 Å². The zero-order valence-electron chi connectivity index (χ0n) is 16.2. The van der Waals surface area contributed by atoms with Crippen LogP contribution >= 0.6 is 0 Å². The summed E-state index contributed by atoms with van der Waals surface area (Å²) in [5, 5.41) is 8.15. The maximum absolute atomic E-state index is 12.0. The predicted molar refractivity (Wildman–Crippen MR) is 111 cm³/mol. The maximum atomic E-state index is 12.0. The summed E-state index contributed by atoms with van der Waals surface area (Å²) in [7, 11) is 3.08. The lowest BCUT2D eigenvalue weighted by Gasteiger charge is -2.13. The molecule has 0 atom stereocenters. The highest BCUT2D eigenvalue weighted by molar-refractivity contribution is 5.94. The molecule has 1 saturated heterocycles. The number of urea groups is 2. The molecule has 150 valence electrons. The summed E-state index contributed by atoms with van der Waals surface area (Å²) in [6, 6.07) is 12.0. The molecule has 1 aliphatic heterocycles. The van der Waals surface area contributed by atoms with Crippen molar-refractivity contribution >= 4 is 23.4 Å². The lowest BCUT2D eigenvalue weighted by molar-refractivity contribution is 0.251. The van der Waals surface area contributed by atoms with Gasteiger partial charge in [-0.1, -0.05) is 11.8 Å². The van der Waals surface area contributed by atoms with Crippen molar-refractivity contribution in [1.82, 2.24) is 10.6 Å². The van der Waals surface area contributed by atoms with Gasteiger partial charge in [-0.2, -0.15) is 0 Å². The molecule has 1 fully saturated rings. The van der Waals surface area contributed by atoms with Crippen LogP contribution in [-0.4, -0.2) is 45.9 Å². The van der Waals surface area contributed by atoms with E-state index >= 15 is 0 Å². The van der Waals surface area contributed by atoms with Crippen molar-refractivity contribution in [3.63, 3.8) is 0 Å². The number of hydrogen-bond acceptors (Lipinski definition) is 4. The first-order valence-electron chi connectivity index (χ1n) is 9.02. The molecule has 8 heteroatoms. The third-order valence-electron chi connectivity index (χ3n) is 4.26. The monoisotopic (exact) mass is 394 g/mol. The Kier molecular flexibility index (Phi) is 6.43. The van der Waals surface area contributed by atoms with Crippen LogP contribution in [0.4, 0.5) is 21.0 Å². The normalized spacial score (nSPS) is 12.5. The highest BCUT2D eigenvalue weighted by Crippen LogP contribution is 2.28. The van der Waals surface area contributed by atoms with Crippen LogP contribution in [0.1, 0.15) is 5.56 Å². The van der Waals surface area contributed by atoms with Gasteiger partial charge in [0.05, 0.1) is 26.5 Å². The molecule has 3 N–H and O–H groups in total. The Balaban J connectivity index is 1.51. The molecule has 1 aliphatic rings. The molecule has 0 aliphatic carbocycles. The largest absolute Gasteiger partial charge is 0.497 e. The molecule has 1 heterocycles. The Morgan fingerprint density at radius 1 is 1.17 bits per heavy atom. The zero-order chi connectivity index (χ0) is 20.6. The molecule has 8 nitrogen and oxygen atoms in total. The molecule has 2 aromatic rings. The van der Waals surface area contributed by atoms with Gasteiger partial charge in [0.25, 0.3) is 0 Å². The average molecular weight is 394 g/mol. The first-order chi connectivity index (χ1) is 14.1. The van der Waals surface area contributed by atoms with E-state index in [9.17, 15) is 9.59 Å². The molecule has 2 aromatic carbocycles. The molecular weight excluding hydrogens is 372 g/mol. The van der Waals surface area contributed by atoms with Crippen molar-refractivity contribution in [2.75, 3.05) is 44.1 Å². The minimum atomic E-state index is -0.391. The first-order valence-corrected chi connectivity index (χ1v) is 9.02. The Morgan fingerprint density at radius 2 is 1.97 bits per heavy atom. The lowest BCUT2D eigenvalue weighted by Crippen LogP contribution is -2.29. The molecule has 0 bridgehead atoms. The van der Waals surface area contributed by atoms with Gasteiger partial charge < -0.3 is 25.4 Å². The minimum Gasteiger partial charge on any atom is -0.497 e. The standard InChI is InChI=1S/C21H22N4O4/c1-28-17-9-10-18(19(14-17)29-2)24-20(26)22-11-3-4-15-5-7-16(8-6-15)25-13-12-23-21(25)27/h5-10,14H,11-13H2,1-2H3,(H,23,27)(H2,22,24,26). The van der Waals surface area contributed by atoms with Crippen LogP contribution < -0.4 is 30.3 Å². The van der Waals surface area contributed by atoms with Crippen molar-refractivity contribution in [3.05, 3.63) is 48.0 Å². The number of benzene rings is 2. The summed E-state index contributed by atoms with van der Waals surface area (Å²) in [5.41, 5.74) is 2.16. The number of carbonyl (C=O) groups excluding carboxylic acids is 2. The van der Waals surface area contributed by atoms with Crippen molar-refractivity contribution in [2.24, 2.45) is 0 Å². The first kappa shape index (κ1) is 19.9. The van der Waals surface area contributed by atoms with Gasteiger partial charge in [0.1, 0.15) is 11.5 Å². The predicted octanol–water partition coefficient (Wildman–Crippen LogP) is 2.41. The van der Waals surface area contributed by atoms with E-state index in [1.165, 1.54) is 7.11 Å². The summed E-state index contributed by atoms with van der Waals surface area (Å²) in [6.07, 6.45) is 0. The summed E-state index contributed by atoms with van der Waals surface area (Å²) >= 11 is 0. The molecule has 4 amide bonds. The Labute approximate surface area is 169 Å². The van der Waals surface area contributed by atoms with Gasteiger partial charge in [-0.25, -0.2) is 9.59 Å². The fourth-order valence-electron chi connectivity index (χ4n) is 2.78. The summed E-state index contributed by atoms with van der Waals surface area (Å²) < 4.78 is 10.4. The second-order valence-corrected chi connectivity index (χ2v) is 6.11. The van der Waals surface area contributed by atoms with Crippen molar-refractivity contribution in [1.29, 1.82) is 0 Å². The number of carbonyl (C=O) groups is 2. The smallest absolute Gasteiger partial charge is 0.321 e. The van der Waals surface area contributed by atoms with Crippen molar-refractivity contribution < 1.29 is 19.1 Å². The van der Waals surface area contributed by atoms with E-state index in [0.29, 0.717) is 30.3 Å². The van der Waals surface area contributed by atoms with E-state index < -0.39 is 6.03 Å². The third-order valence-corrected chi connectivity index (χ3v) is 4.26. The summed E-state index contributed by atoms with van der Waals surface area (Å²) in [5.74, 6) is 7.01. The Bertz CT molecular complexity index is 947. The van der Waals surface area contributed by atoms with Gasteiger partial charge in [0, 0.05) is 30.4 Å². The average Bonchev–Trinajstić information content (AvgIpc) is 3.17. The third kappa shape index (κ3) is 5.11. The van der Waals surface area contributed by atoms with E-state index in [0.717, 1.165) is 11.3 Å².